The Morgan fingerprint density at radius 3 is 2.64 bits per heavy atom. The first-order chi connectivity index (χ1) is 11.7. The van der Waals surface area contributed by atoms with Crippen LogP contribution in [0, 0.1) is 6.92 Å². The molecule has 0 aliphatic carbocycles. The molecule has 0 atom stereocenters. The van der Waals surface area contributed by atoms with Gasteiger partial charge in [-0.3, -0.25) is 4.99 Å². The van der Waals surface area contributed by atoms with Crippen LogP contribution in [0.3, 0.4) is 0 Å². The van der Waals surface area contributed by atoms with E-state index < -0.39 is 0 Å². The van der Waals surface area contributed by atoms with E-state index in [1.807, 2.05) is 19.1 Å². The van der Waals surface area contributed by atoms with E-state index >= 15 is 0 Å². The van der Waals surface area contributed by atoms with Gasteiger partial charge in [0, 0.05) is 37.4 Å². The van der Waals surface area contributed by atoms with Gasteiger partial charge in [-0.1, -0.05) is 17.7 Å². The molecule has 0 bridgehead atoms. The van der Waals surface area contributed by atoms with Gasteiger partial charge in [-0.25, -0.2) is 9.97 Å². The lowest BCUT2D eigenvalue weighted by Crippen LogP contribution is -2.38. The normalized spacial score (nSPS) is 11.1. The van der Waals surface area contributed by atoms with Crippen LogP contribution in [-0.4, -0.2) is 36.1 Å². The van der Waals surface area contributed by atoms with Gasteiger partial charge in [-0.05, 0) is 44.2 Å². The largest absolute Gasteiger partial charge is 0.356 e. The molecule has 0 amide bonds. The van der Waals surface area contributed by atoms with Crippen LogP contribution in [0.25, 0.3) is 0 Å². The molecule has 2 N–H and O–H groups in total. The van der Waals surface area contributed by atoms with Gasteiger partial charge in [0.25, 0.3) is 0 Å². The molecule has 0 aliphatic heterocycles. The molecule has 0 radical (unpaired) electrons. The number of hydrogen-bond donors (Lipinski definition) is 2. The van der Waals surface area contributed by atoms with Gasteiger partial charge in [0.15, 0.2) is 5.96 Å². The van der Waals surface area contributed by atoms with E-state index in [1.165, 1.54) is 5.01 Å². The van der Waals surface area contributed by atoms with E-state index in [9.17, 15) is 0 Å². The Bertz CT molecular complexity index is 645. The monoisotopic (exact) mass is 493 g/mol. The highest BCUT2D eigenvalue weighted by Crippen LogP contribution is 2.11. The third-order valence-electron chi connectivity index (χ3n) is 3.49. The average Bonchev–Trinajstić information content (AvgIpc) is 3.00. The van der Waals surface area contributed by atoms with Crippen LogP contribution in [0.15, 0.2) is 28.7 Å². The molecule has 138 valence electrons. The number of rotatable bonds is 8. The summed E-state index contributed by atoms with van der Waals surface area (Å²) in [6, 6.07) is 3.81. The van der Waals surface area contributed by atoms with Gasteiger partial charge in [-0.2, -0.15) is 0 Å². The smallest absolute Gasteiger partial charge is 0.190 e. The number of thiazole rings is 1. The minimum atomic E-state index is 0. The first kappa shape index (κ1) is 22.1. The summed E-state index contributed by atoms with van der Waals surface area (Å²) in [6.45, 7) is 3.76. The maximum Gasteiger partial charge on any atom is 0.190 e. The van der Waals surface area contributed by atoms with Crippen molar-refractivity contribution < 1.29 is 0 Å². The quantitative estimate of drug-likeness (QED) is 0.193. The molecule has 0 spiro atoms. The van der Waals surface area contributed by atoms with Crippen molar-refractivity contribution in [1.29, 1.82) is 0 Å². The fraction of sp³-hybridized carbons (Fsp3) is 0.471. The van der Waals surface area contributed by atoms with E-state index in [4.69, 9.17) is 11.6 Å². The number of halogens is 2. The molecular weight excluding hydrogens is 469 g/mol. The standard InChI is InChI=1S/C17H24ClN5S.HI/c1-13-12-24-16(23-13)5-3-4-9-20-17(19-2)21-10-8-14-6-7-15(18)22-11-14;/h6-7,11-12H,3-5,8-10H2,1-2H3,(H2,19,20,21);1H. The second-order valence-corrected chi connectivity index (χ2v) is 6.83. The summed E-state index contributed by atoms with van der Waals surface area (Å²) >= 11 is 7.53. The molecule has 25 heavy (non-hydrogen) atoms. The topological polar surface area (TPSA) is 62.2 Å². The van der Waals surface area contributed by atoms with Crippen molar-refractivity contribution in [1.82, 2.24) is 20.6 Å². The molecule has 0 saturated carbocycles. The van der Waals surface area contributed by atoms with Gasteiger partial charge in [0.2, 0.25) is 0 Å². The molecule has 0 aromatic carbocycles. The summed E-state index contributed by atoms with van der Waals surface area (Å²) in [5.74, 6) is 0.835. The predicted molar refractivity (Wildman–Crippen MR) is 118 cm³/mol. The fourth-order valence-corrected chi connectivity index (χ4v) is 3.16. The van der Waals surface area contributed by atoms with Crippen molar-refractivity contribution in [2.75, 3.05) is 20.1 Å². The summed E-state index contributed by atoms with van der Waals surface area (Å²) in [6.07, 6.45) is 5.97. The average molecular weight is 494 g/mol. The highest BCUT2D eigenvalue weighted by Gasteiger charge is 2.00. The second-order valence-electron chi connectivity index (χ2n) is 5.50. The lowest BCUT2D eigenvalue weighted by Gasteiger charge is -2.11. The molecule has 2 rings (SSSR count). The van der Waals surface area contributed by atoms with Crippen molar-refractivity contribution in [2.45, 2.75) is 32.6 Å². The summed E-state index contributed by atoms with van der Waals surface area (Å²) in [5.41, 5.74) is 2.27. The fourth-order valence-electron chi connectivity index (χ4n) is 2.23. The van der Waals surface area contributed by atoms with E-state index in [-0.39, 0.29) is 24.0 Å². The highest BCUT2D eigenvalue weighted by molar-refractivity contribution is 14.0. The van der Waals surface area contributed by atoms with E-state index in [0.717, 1.165) is 56.0 Å². The Hall–Kier alpha value is -0.930. The number of nitrogens with one attached hydrogen (secondary N) is 2. The van der Waals surface area contributed by atoms with Gasteiger partial charge >= 0.3 is 0 Å². The van der Waals surface area contributed by atoms with Crippen LogP contribution < -0.4 is 10.6 Å². The van der Waals surface area contributed by atoms with Crippen LogP contribution in [0.4, 0.5) is 0 Å². The maximum absolute atomic E-state index is 5.78. The molecule has 5 nitrogen and oxygen atoms in total. The molecule has 0 saturated heterocycles. The number of unbranched alkanes of at least 4 members (excludes halogenated alkanes) is 1. The molecule has 0 unspecified atom stereocenters. The summed E-state index contributed by atoms with van der Waals surface area (Å²) in [5, 5.41) is 10.5. The van der Waals surface area contributed by atoms with Gasteiger partial charge in [-0.15, -0.1) is 35.3 Å². The van der Waals surface area contributed by atoms with Crippen molar-refractivity contribution >= 4 is 52.9 Å². The summed E-state index contributed by atoms with van der Waals surface area (Å²) in [7, 11) is 1.79. The molecular formula is C17H25ClIN5S. The number of guanidine groups is 1. The minimum absolute atomic E-state index is 0. The van der Waals surface area contributed by atoms with Gasteiger partial charge in [0.05, 0.1) is 5.01 Å². The predicted octanol–water partition coefficient (Wildman–Crippen LogP) is 3.85. The minimum Gasteiger partial charge on any atom is -0.356 e. The van der Waals surface area contributed by atoms with Crippen LogP contribution in [0.5, 0.6) is 0 Å². The lowest BCUT2D eigenvalue weighted by atomic mass is 10.2. The van der Waals surface area contributed by atoms with Crippen molar-refractivity contribution in [3.8, 4) is 0 Å². The zero-order chi connectivity index (χ0) is 17.2. The van der Waals surface area contributed by atoms with Crippen molar-refractivity contribution in [2.24, 2.45) is 4.99 Å². The Morgan fingerprint density at radius 2 is 2.00 bits per heavy atom. The van der Waals surface area contributed by atoms with E-state index in [2.05, 4.69) is 31.0 Å². The second kappa shape index (κ2) is 12.4. The van der Waals surface area contributed by atoms with Gasteiger partial charge in [0.1, 0.15) is 5.15 Å². The highest BCUT2D eigenvalue weighted by atomic mass is 127. The Balaban J connectivity index is 0.00000312. The summed E-state index contributed by atoms with van der Waals surface area (Å²) < 4.78 is 0. The number of hydrogen-bond acceptors (Lipinski definition) is 4. The number of nitrogens with zero attached hydrogens (tertiary/aromatic N) is 3. The molecule has 0 fully saturated rings. The first-order valence-corrected chi connectivity index (χ1v) is 9.39. The SMILES string of the molecule is CN=C(NCCCCc1nc(C)cs1)NCCc1ccc(Cl)nc1.I. The molecule has 0 aliphatic rings. The van der Waals surface area contributed by atoms with Gasteiger partial charge < -0.3 is 10.6 Å². The van der Waals surface area contributed by atoms with E-state index in [1.54, 1.807) is 24.6 Å². The van der Waals surface area contributed by atoms with Crippen LogP contribution in [0.2, 0.25) is 5.15 Å². The number of pyridine rings is 1. The van der Waals surface area contributed by atoms with Crippen LogP contribution in [0.1, 0.15) is 29.1 Å². The number of aromatic nitrogens is 2. The van der Waals surface area contributed by atoms with E-state index in [0.29, 0.717) is 5.15 Å². The number of aliphatic imine (C=N–C) groups is 1. The molecule has 2 aromatic heterocycles. The zero-order valence-electron chi connectivity index (χ0n) is 14.6. The number of aryl methyl sites for hydroxylation is 2. The molecule has 8 heteroatoms. The van der Waals surface area contributed by atoms with Crippen molar-refractivity contribution in [3.05, 3.63) is 45.1 Å². The Labute approximate surface area is 175 Å². The first-order valence-electron chi connectivity index (χ1n) is 8.13. The zero-order valence-corrected chi connectivity index (χ0v) is 18.5. The van der Waals surface area contributed by atoms with Crippen LogP contribution >= 0.6 is 46.9 Å². The maximum atomic E-state index is 5.78. The molecule has 2 heterocycles. The van der Waals surface area contributed by atoms with Crippen LogP contribution in [-0.2, 0) is 12.8 Å². The van der Waals surface area contributed by atoms with Crippen molar-refractivity contribution in [3.63, 3.8) is 0 Å². The lowest BCUT2D eigenvalue weighted by molar-refractivity contribution is 0.691. The molecule has 2 aromatic rings. The Morgan fingerprint density at radius 1 is 1.20 bits per heavy atom. The third kappa shape index (κ3) is 8.82. The Kier molecular flexibility index (Phi) is 11.0. The third-order valence-corrected chi connectivity index (χ3v) is 4.74. The summed E-state index contributed by atoms with van der Waals surface area (Å²) in [4.78, 5) is 12.8.